The van der Waals surface area contributed by atoms with E-state index in [0.717, 1.165) is 24.7 Å². The molecule has 2 saturated heterocycles. The zero-order chi connectivity index (χ0) is 22.2. The Kier molecular flexibility index (Phi) is 5.28. The monoisotopic (exact) mass is 433 g/mol. The van der Waals surface area contributed by atoms with E-state index in [1.165, 1.54) is 12.1 Å². The number of pyridine rings is 2. The minimum atomic E-state index is -0.414. The second kappa shape index (κ2) is 8.26. The highest BCUT2D eigenvalue weighted by molar-refractivity contribution is 5.98. The van der Waals surface area contributed by atoms with Crippen molar-refractivity contribution in [2.24, 2.45) is 11.8 Å². The highest BCUT2D eigenvalue weighted by Gasteiger charge is 2.51. The van der Waals surface area contributed by atoms with Gasteiger partial charge in [0, 0.05) is 30.2 Å². The molecule has 1 amide bonds. The van der Waals surface area contributed by atoms with Crippen LogP contribution in [-0.4, -0.2) is 49.4 Å². The van der Waals surface area contributed by atoms with E-state index in [9.17, 15) is 9.18 Å². The summed E-state index contributed by atoms with van der Waals surface area (Å²) in [4.78, 5) is 33.0. The Morgan fingerprint density at radius 2 is 1.94 bits per heavy atom. The first-order valence-corrected chi connectivity index (χ1v) is 10.8. The molecule has 164 valence electrons. The van der Waals surface area contributed by atoms with Gasteiger partial charge in [0.25, 0.3) is 5.91 Å². The minimum Gasteiger partial charge on any atom is -0.475 e. The van der Waals surface area contributed by atoms with E-state index < -0.39 is 5.82 Å². The Morgan fingerprint density at radius 3 is 2.66 bits per heavy atom. The summed E-state index contributed by atoms with van der Waals surface area (Å²) in [6.07, 6.45) is 6.41. The number of hydrogen-bond donors (Lipinski definition) is 0. The van der Waals surface area contributed by atoms with Crippen LogP contribution in [0.5, 0.6) is 5.88 Å². The number of carbonyl (C=O) groups is 1. The van der Waals surface area contributed by atoms with Crippen molar-refractivity contribution in [1.82, 2.24) is 24.8 Å². The number of carbonyl (C=O) groups excluding carboxylic acids is 1. The second-order valence-corrected chi connectivity index (χ2v) is 8.57. The number of nitrogens with zero attached hydrogens (tertiary/aromatic N) is 5. The lowest BCUT2D eigenvalue weighted by atomic mass is 9.64. The number of halogens is 1. The molecule has 1 saturated carbocycles. The topological polar surface area (TPSA) is 81.1 Å². The third-order valence-corrected chi connectivity index (χ3v) is 6.63. The van der Waals surface area contributed by atoms with Gasteiger partial charge in [0.1, 0.15) is 18.1 Å². The van der Waals surface area contributed by atoms with Crippen molar-refractivity contribution in [2.75, 3.05) is 6.61 Å². The largest absolute Gasteiger partial charge is 0.475 e. The van der Waals surface area contributed by atoms with Crippen LogP contribution in [0.3, 0.4) is 0 Å². The van der Waals surface area contributed by atoms with Gasteiger partial charge in [-0.2, -0.15) is 0 Å². The molecule has 0 radical (unpaired) electrons. The average molecular weight is 433 g/mol. The van der Waals surface area contributed by atoms with E-state index in [2.05, 4.69) is 26.9 Å². The third-order valence-electron chi connectivity index (χ3n) is 6.63. The quantitative estimate of drug-likeness (QED) is 0.610. The number of piperidine rings is 2. The summed E-state index contributed by atoms with van der Waals surface area (Å²) in [6, 6.07) is 8.31. The molecule has 3 fully saturated rings. The van der Waals surface area contributed by atoms with Crippen molar-refractivity contribution in [3.05, 3.63) is 66.1 Å². The Labute approximate surface area is 185 Å². The summed E-state index contributed by atoms with van der Waals surface area (Å²) < 4.78 is 19.1. The Morgan fingerprint density at radius 1 is 1.16 bits per heavy atom. The van der Waals surface area contributed by atoms with Crippen molar-refractivity contribution in [2.45, 2.75) is 38.8 Å². The van der Waals surface area contributed by atoms with Gasteiger partial charge in [-0.25, -0.2) is 24.3 Å². The molecule has 3 aromatic heterocycles. The first kappa shape index (κ1) is 20.5. The number of hydrogen-bond acceptors (Lipinski definition) is 6. The molecule has 2 atom stereocenters. The Bertz CT molecular complexity index is 1120. The number of ether oxygens (including phenoxy) is 1. The number of amides is 1. The van der Waals surface area contributed by atoms with Crippen molar-refractivity contribution in [3.8, 4) is 17.3 Å². The van der Waals surface area contributed by atoms with E-state index >= 15 is 0 Å². The predicted octanol–water partition coefficient (Wildman–Crippen LogP) is 3.70. The number of rotatable bonds is 5. The highest BCUT2D eigenvalue weighted by Crippen LogP contribution is 2.47. The summed E-state index contributed by atoms with van der Waals surface area (Å²) in [6.45, 7) is 4.32. The molecule has 1 aliphatic carbocycles. The van der Waals surface area contributed by atoms with Gasteiger partial charge in [0.05, 0.1) is 17.8 Å². The molecule has 2 aliphatic heterocycles. The average Bonchev–Trinajstić information content (AvgIpc) is 2.78. The predicted molar refractivity (Wildman–Crippen MR) is 115 cm³/mol. The minimum absolute atomic E-state index is 0.126. The molecule has 6 rings (SSSR count). The van der Waals surface area contributed by atoms with Crippen LogP contribution in [0.15, 0.2) is 48.9 Å². The normalized spacial score (nSPS) is 24.0. The SMILES string of the molecule is Cc1ccc(-c2ncccn2)c(C(=O)N2C3CC(C3)C(C)C2COc2ccc(F)cn2)n1. The van der Waals surface area contributed by atoms with Crippen molar-refractivity contribution in [3.63, 3.8) is 0 Å². The van der Waals surface area contributed by atoms with E-state index in [1.807, 2.05) is 24.0 Å². The Balaban J connectivity index is 1.46. The lowest BCUT2D eigenvalue weighted by Crippen LogP contribution is -2.64. The molecule has 2 unspecified atom stereocenters. The van der Waals surface area contributed by atoms with Gasteiger partial charge in [-0.05, 0) is 55.9 Å². The van der Waals surface area contributed by atoms with Crippen LogP contribution < -0.4 is 4.74 Å². The van der Waals surface area contributed by atoms with Crippen LogP contribution in [-0.2, 0) is 0 Å². The Hall–Kier alpha value is -3.42. The smallest absolute Gasteiger partial charge is 0.273 e. The van der Waals surface area contributed by atoms with E-state index in [0.29, 0.717) is 35.5 Å². The molecule has 8 heteroatoms. The summed E-state index contributed by atoms with van der Waals surface area (Å²) in [5, 5.41) is 0. The maximum atomic E-state index is 13.9. The molecule has 0 spiro atoms. The van der Waals surface area contributed by atoms with E-state index in [4.69, 9.17) is 4.74 Å². The summed E-state index contributed by atoms with van der Waals surface area (Å²) in [5.41, 5.74) is 1.74. The van der Waals surface area contributed by atoms with Crippen molar-refractivity contribution < 1.29 is 13.9 Å². The lowest BCUT2D eigenvalue weighted by molar-refractivity contribution is -0.0676. The fourth-order valence-electron chi connectivity index (χ4n) is 4.75. The summed E-state index contributed by atoms with van der Waals surface area (Å²) in [5.74, 6) is 1.11. The maximum Gasteiger partial charge on any atom is 0.273 e. The molecule has 3 aromatic rings. The van der Waals surface area contributed by atoms with Crippen LogP contribution in [0, 0.1) is 24.6 Å². The summed E-state index contributed by atoms with van der Waals surface area (Å²) >= 11 is 0. The molecule has 3 aliphatic rings. The number of fused-ring (bicyclic) bond motifs is 2. The zero-order valence-electron chi connectivity index (χ0n) is 18.0. The van der Waals surface area contributed by atoms with Gasteiger partial charge in [-0.3, -0.25) is 4.79 Å². The van der Waals surface area contributed by atoms with Crippen LogP contribution in [0.1, 0.15) is 35.9 Å². The fourth-order valence-corrected chi connectivity index (χ4v) is 4.75. The van der Waals surface area contributed by atoms with E-state index in [1.54, 1.807) is 18.5 Å². The molecule has 32 heavy (non-hydrogen) atoms. The molecule has 0 aromatic carbocycles. The van der Waals surface area contributed by atoms with Gasteiger partial charge in [0.2, 0.25) is 5.88 Å². The first-order valence-electron chi connectivity index (χ1n) is 10.8. The molecular formula is C24H24FN5O2. The fraction of sp³-hybridized carbons (Fsp3) is 0.375. The van der Waals surface area contributed by atoms with Crippen LogP contribution in [0.4, 0.5) is 4.39 Å². The van der Waals surface area contributed by atoms with Crippen LogP contribution in [0.25, 0.3) is 11.4 Å². The third kappa shape index (κ3) is 3.70. The zero-order valence-corrected chi connectivity index (χ0v) is 18.0. The standard InChI is InChI=1S/C24H24FN5O2/c1-14-4-6-19(23-26-8-3-9-27-23)22(29-14)24(31)30-18-10-16(11-18)15(2)20(30)13-32-21-7-5-17(25)12-28-21/h3-9,12,15-16,18,20H,10-11,13H2,1-2H3. The highest BCUT2D eigenvalue weighted by atomic mass is 19.1. The molecular weight excluding hydrogens is 409 g/mol. The molecule has 0 N–H and O–H groups in total. The number of aromatic nitrogens is 4. The van der Waals surface area contributed by atoms with Gasteiger partial charge >= 0.3 is 0 Å². The maximum absolute atomic E-state index is 13.9. The number of aryl methyl sites for hydroxylation is 1. The van der Waals surface area contributed by atoms with Gasteiger partial charge < -0.3 is 9.64 Å². The lowest BCUT2D eigenvalue weighted by Gasteiger charge is -2.57. The van der Waals surface area contributed by atoms with Crippen molar-refractivity contribution in [1.29, 1.82) is 0 Å². The van der Waals surface area contributed by atoms with Crippen LogP contribution in [0.2, 0.25) is 0 Å². The first-order chi connectivity index (χ1) is 15.5. The van der Waals surface area contributed by atoms with Gasteiger partial charge in [-0.1, -0.05) is 6.92 Å². The second-order valence-electron chi connectivity index (χ2n) is 8.57. The van der Waals surface area contributed by atoms with Gasteiger partial charge in [0.15, 0.2) is 5.82 Å². The van der Waals surface area contributed by atoms with Crippen molar-refractivity contribution >= 4 is 5.91 Å². The van der Waals surface area contributed by atoms with Gasteiger partial charge in [-0.15, -0.1) is 0 Å². The molecule has 5 heterocycles. The molecule has 7 nitrogen and oxygen atoms in total. The van der Waals surface area contributed by atoms with E-state index in [-0.39, 0.29) is 23.9 Å². The van der Waals surface area contributed by atoms with Crippen LogP contribution >= 0.6 is 0 Å². The summed E-state index contributed by atoms with van der Waals surface area (Å²) in [7, 11) is 0. The molecule has 2 bridgehead atoms.